The Morgan fingerprint density at radius 3 is 2.27 bits per heavy atom. The normalized spacial score (nSPS) is 24.9. The minimum absolute atomic E-state index is 0.0641. The van der Waals surface area contributed by atoms with Gasteiger partial charge in [-0.25, -0.2) is 4.79 Å². The van der Waals surface area contributed by atoms with Crippen molar-refractivity contribution in [3.05, 3.63) is 76.3 Å². The van der Waals surface area contributed by atoms with Crippen LogP contribution in [0.3, 0.4) is 0 Å². The number of nitrogens with one attached hydrogen (secondary N) is 1. The van der Waals surface area contributed by atoms with E-state index in [1.54, 1.807) is 0 Å². The molecule has 2 heterocycles. The standard InChI is InChI=1S/C27H30ClN3O2/c1-27(22-11-13-30(14-12-22)18-23(28)15-19-7-3-2-4-8-19)25(32)31(26(33)29-27)24-16-20-9-5-6-10-21(20)17-24/h2-10,15,22,24H,11-14,16-18H2,1H3,(H,29,33)/b23-15-. The van der Waals surface area contributed by atoms with E-state index in [9.17, 15) is 9.59 Å². The molecule has 1 N–H and O–H groups in total. The predicted molar refractivity (Wildman–Crippen MR) is 131 cm³/mol. The maximum atomic E-state index is 13.5. The van der Waals surface area contributed by atoms with Crippen molar-refractivity contribution in [2.75, 3.05) is 19.6 Å². The smallest absolute Gasteiger partial charge is 0.323 e. The number of likely N-dealkylation sites (tertiary alicyclic amines) is 1. The third-order valence-corrected chi connectivity index (χ3v) is 7.77. The van der Waals surface area contributed by atoms with Crippen molar-refractivity contribution >= 4 is 29.6 Å². The van der Waals surface area contributed by atoms with Crippen molar-refractivity contribution < 1.29 is 9.59 Å². The van der Waals surface area contributed by atoms with Crippen LogP contribution >= 0.6 is 11.6 Å². The van der Waals surface area contributed by atoms with Crippen molar-refractivity contribution in [2.45, 2.75) is 44.2 Å². The maximum Gasteiger partial charge on any atom is 0.325 e. The van der Waals surface area contributed by atoms with E-state index in [0.717, 1.165) is 49.4 Å². The molecular weight excluding hydrogens is 434 g/mol. The molecule has 6 heteroatoms. The molecular formula is C27H30ClN3O2. The summed E-state index contributed by atoms with van der Waals surface area (Å²) in [5.41, 5.74) is 2.75. The minimum atomic E-state index is -0.832. The van der Waals surface area contributed by atoms with Gasteiger partial charge in [-0.3, -0.25) is 14.6 Å². The van der Waals surface area contributed by atoms with Gasteiger partial charge in [0.25, 0.3) is 5.91 Å². The summed E-state index contributed by atoms with van der Waals surface area (Å²) in [5.74, 6) is 0.0571. The molecule has 3 aliphatic rings. The number of halogens is 1. The van der Waals surface area contributed by atoms with Crippen molar-refractivity contribution in [1.82, 2.24) is 15.1 Å². The van der Waals surface area contributed by atoms with Crippen molar-refractivity contribution in [3.63, 3.8) is 0 Å². The van der Waals surface area contributed by atoms with Gasteiger partial charge in [0.2, 0.25) is 0 Å². The Bertz CT molecular complexity index is 1050. The fraction of sp³-hybridized carbons (Fsp3) is 0.407. The summed E-state index contributed by atoms with van der Waals surface area (Å²) in [6, 6.07) is 18.0. The molecule has 33 heavy (non-hydrogen) atoms. The van der Waals surface area contributed by atoms with E-state index in [1.807, 2.05) is 55.5 Å². The molecule has 2 aromatic carbocycles. The van der Waals surface area contributed by atoms with E-state index in [0.29, 0.717) is 6.54 Å². The summed E-state index contributed by atoms with van der Waals surface area (Å²) >= 11 is 6.51. The predicted octanol–water partition coefficient (Wildman–Crippen LogP) is 4.46. The fourth-order valence-electron chi connectivity index (χ4n) is 5.66. The van der Waals surface area contributed by atoms with Gasteiger partial charge in [-0.1, -0.05) is 66.2 Å². The number of benzene rings is 2. The molecule has 0 radical (unpaired) electrons. The molecule has 1 atom stereocenters. The monoisotopic (exact) mass is 463 g/mol. The first-order valence-corrected chi connectivity index (χ1v) is 12.2. The van der Waals surface area contributed by atoms with Gasteiger partial charge in [-0.15, -0.1) is 0 Å². The number of urea groups is 1. The van der Waals surface area contributed by atoms with Crippen LogP contribution in [-0.4, -0.2) is 53.0 Å². The van der Waals surface area contributed by atoms with Crippen LogP contribution in [0.1, 0.15) is 36.5 Å². The van der Waals surface area contributed by atoms with E-state index in [1.165, 1.54) is 16.0 Å². The van der Waals surface area contributed by atoms with Crippen LogP contribution in [0.4, 0.5) is 4.79 Å². The lowest BCUT2D eigenvalue weighted by Gasteiger charge is -2.39. The van der Waals surface area contributed by atoms with E-state index in [4.69, 9.17) is 11.6 Å². The average Bonchev–Trinajstić information content (AvgIpc) is 3.33. The molecule has 1 unspecified atom stereocenters. The number of fused-ring (bicyclic) bond motifs is 1. The van der Waals surface area contributed by atoms with E-state index in [2.05, 4.69) is 22.3 Å². The number of rotatable bonds is 5. The van der Waals surface area contributed by atoms with Crippen LogP contribution in [0.15, 0.2) is 59.6 Å². The molecule has 0 aromatic heterocycles. The van der Waals surface area contributed by atoms with Gasteiger partial charge in [-0.2, -0.15) is 0 Å². The number of nitrogens with zero attached hydrogens (tertiary/aromatic N) is 2. The van der Waals surface area contributed by atoms with Gasteiger partial charge in [0, 0.05) is 17.6 Å². The third kappa shape index (κ3) is 4.32. The van der Waals surface area contributed by atoms with Gasteiger partial charge in [-0.05, 0) is 74.4 Å². The molecule has 2 aliphatic heterocycles. The molecule has 2 fully saturated rings. The lowest BCUT2D eigenvalue weighted by molar-refractivity contribution is -0.134. The van der Waals surface area contributed by atoms with Crippen LogP contribution in [0, 0.1) is 5.92 Å². The number of amides is 3. The number of piperidine rings is 1. The molecule has 5 nitrogen and oxygen atoms in total. The first-order chi connectivity index (χ1) is 15.9. The summed E-state index contributed by atoms with van der Waals surface area (Å²) in [4.78, 5) is 30.3. The lowest BCUT2D eigenvalue weighted by atomic mass is 9.78. The summed E-state index contributed by atoms with van der Waals surface area (Å²) in [6.07, 6.45) is 5.22. The van der Waals surface area contributed by atoms with E-state index in [-0.39, 0.29) is 23.9 Å². The number of hydrogen-bond acceptors (Lipinski definition) is 3. The second kappa shape index (κ2) is 8.96. The van der Waals surface area contributed by atoms with Crippen LogP contribution in [-0.2, 0) is 17.6 Å². The SMILES string of the molecule is CC1(C2CCN(C/C(Cl)=C/c3ccccc3)CC2)NC(=O)N(C2Cc3ccccc3C2)C1=O. The number of imide groups is 1. The molecule has 0 saturated carbocycles. The van der Waals surface area contributed by atoms with E-state index >= 15 is 0 Å². The average molecular weight is 464 g/mol. The Balaban J connectivity index is 1.20. The Morgan fingerprint density at radius 2 is 1.64 bits per heavy atom. The van der Waals surface area contributed by atoms with Gasteiger partial charge in [0.15, 0.2) is 0 Å². The zero-order valence-corrected chi connectivity index (χ0v) is 19.7. The third-order valence-electron chi connectivity index (χ3n) is 7.54. The van der Waals surface area contributed by atoms with Gasteiger partial charge in [0.05, 0.1) is 0 Å². The Labute approximate surface area is 200 Å². The van der Waals surface area contributed by atoms with Crippen LogP contribution < -0.4 is 5.32 Å². The zero-order valence-electron chi connectivity index (χ0n) is 19.0. The van der Waals surface area contributed by atoms with Gasteiger partial charge >= 0.3 is 6.03 Å². The first-order valence-electron chi connectivity index (χ1n) is 11.8. The number of carbonyl (C=O) groups is 2. The maximum absolute atomic E-state index is 13.5. The van der Waals surface area contributed by atoms with Gasteiger partial charge in [0.1, 0.15) is 5.54 Å². The number of carbonyl (C=O) groups excluding carboxylic acids is 2. The molecule has 3 amide bonds. The molecule has 2 saturated heterocycles. The fourth-order valence-corrected chi connectivity index (χ4v) is 5.96. The van der Waals surface area contributed by atoms with Crippen molar-refractivity contribution in [1.29, 1.82) is 0 Å². The highest BCUT2D eigenvalue weighted by molar-refractivity contribution is 6.31. The van der Waals surface area contributed by atoms with E-state index < -0.39 is 5.54 Å². The molecule has 0 bridgehead atoms. The highest BCUT2D eigenvalue weighted by Crippen LogP contribution is 2.36. The van der Waals surface area contributed by atoms with Crippen molar-refractivity contribution in [2.24, 2.45) is 5.92 Å². The summed E-state index contributed by atoms with van der Waals surface area (Å²) in [6.45, 7) is 4.33. The van der Waals surface area contributed by atoms with Crippen LogP contribution in [0.25, 0.3) is 6.08 Å². The first kappa shape index (κ1) is 22.2. The lowest BCUT2D eigenvalue weighted by Crippen LogP contribution is -2.54. The molecule has 1 aliphatic carbocycles. The summed E-state index contributed by atoms with van der Waals surface area (Å²) < 4.78 is 0. The molecule has 5 rings (SSSR count). The zero-order chi connectivity index (χ0) is 23.0. The second-order valence-corrected chi connectivity index (χ2v) is 10.2. The van der Waals surface area contributed by atoms with Gasteiger partial charge < -0.3 is 5.32 Å². The minimum Gasteiger partial charge on any atom is -0.323 e. The van der Waals surface area contributed by atoms with Crippen molar-refractivity contribution in [3.8, 4) is 0 Å². The summed E-state index contributed by atoms with van der Waals surface area (Å²) in [7, 11) is 0. The molecule has 2 aromatic rings. The molecule has 0 spiro atoms. The second-order valence-electron chi connectivity index (χ2n) is 9.69. The number of hydrogen-bond donors (Lipinski definition) is 1. The molecule has 172 valence electrons. The largest absolute Gasteiger partial charge is 0.325 e. The Hall–Kier alpha value is -2.63. The Kier molecular flexibility index (Phi) is 6.02. The van der Waals surface area contributed by atoms with Crippen LogP contribution in [0.5, 0.6) is 0 Å². The summed E-state index contributed by atoms with van der Waals surface area (Å²) in [5, 5.41) is 3.88. The highest BCUT2D eigenvalue weighted by atomic mass is 35.5. The quantitative estimate of drug-likeness (QED) is 0.666. The topological polar surface area (TPSA) is 52.7 Å². The highest BCUT2D eigenvalue weighted by Gasteiger charge is 2.55. The van der Waals surface area contributed by atoms with Crippen LogP contribution in [0.2, 0.25) is 0 Å². The Morgan fingerprint density at radius 1 is 1.03 bits per heavy atom.